The Labute approximate surface area is 132 Å². The van der Waals surface area contributed by atoms with Crippen molar-refractivity contribution < 1.29 is 19.1 Å². The van der Waals surface area contributed by atoms with Crippen molar-refractivity contribution in [1.29, 1.82) is 0 Å². The molecule has 0 radical (unpaired) electrons. The van der Waals surface area contributed by atoms with Crippen molar-refractivity contribution in [2.45, 2.75) is 12.8 Å². The number of benzene rings is 1. The predicted octanol–water partition coefficient (Wildman–Crippen LogP) is 2.48. The Kier molecular flexibility index (Phi) is 5.22. The summed E-state index contributed by atoms with van der Waals surface area (Å²) in [6, 6.07) is 5.29. The molecule has 1 aromatic carbocycles. The number of piperidine rings is 1. The van der Waals surface area contributed by atoms with Crippen LogP contribution < -0.4 is 4.74 Å². The van der Waals surface area contributed by atoms with Gasteiger partial charge < -0.3 is 14.4 Å². The molecule has 1 aromatic rings. The van der Waals surface area contributed by atoms with Crippen LogP contribution in [0.5, 0.6) is 5.75 Å². The number of hydrogen-bond acceptors (Lipinski definition) is 4. The number of hydrogen-bond donors (Lipinski definition) is 0. The largest absolute Gasteiger partial charge is 0.496 e. The van der Waals surface area contributed by atoms with Crippen molar-refractivity contribution in [2.75, 3.05) is 27.3 Å². The highest BCUT2D eigenvalue weighted by atomic mass is 79.9. The van der Waals surface area contributed by atoms with Crippen molar-refractivity contribution in [3.8, 4) is 5.75 Å². The van der Waals surface area contributed by atoms with E-state index in [1.54, 1.807) is 23.1 Å². The monoisotopic (exact) mass is 355 g/mol. The molecule has 0 saturated carbocycles. The lowest BCUT2D eigenvalue weighted by molar-refractivity contribution is -0.146. The average molecular weight is 356 g/mol. The molecule has 0 bridgehead atoms. The van der Waals surface area contributed by atoms with E-state index in [2.05, 4.69) is 15.9 Å². The molecule has 114 valence electrons. The molecule has 1 atom stereocenters. The third kappa shape index (κ3) is 3.56. The maximum absolute atomic E-state index is 12.6. The van der Waals surface area contributed by atoms with E-state index in [1.165, 1.54) is 14.2 Å². The molecule has 0 aromatic heterocycles. The van der Waals surface area contributed by atoms with E-state index >= 15 is 0 Å². The first-order valence-electron chi connectivity index (χ1n) is 6.77. The fraction of sp³-hybridized carbons (Fsp3) is 0.467. The first-order valence-corrected chi connectivity index (χ1v) is 7.56. The van der Waals surface area contributed by atoms with E-state index in [1.807, 2.05) is 0 Å². The molecule has 0 N–H and O–H groups in total. The van der Waals surface area contributed by atoms with Gasteiger partial charge in [-0.1, -0.05) is 15.9 Å². The van der Waals surface area contributed by atoms with Crippen LogP contribution in [-0.2, 0) is 9.53 Å². The first kappa shape index (κ1) is 15.8. The molecule has 1 aliphatic rings. The van der Waals surface area contributed by atoms with E-state index in [0.29, 0.717) is 24.4 Å². The maximum Gasteiger partial charge on any atom is 0.310 e. The van der Waals surface area contributed by atoms with Crippen LogP contribution in [0.25, 0.3) is 0 Å². The smallest absolute Gasteiger partial charge is 0.310 e. The zero-order valence-corrected chi connectivity index (χ0v) is 13.7. The lowest BCUT2D eigenvalue weighted by Crippen LogP contribution is -2.42. The summed E-state index contributed by atoms with van der Waals surface area (Å²) in [4.78, 5) is 26.0. The highest BCUT2D eigenvalue weighted by Crippen LogP contribution is 2.27. The minimum atomic E-state index is -0.254. The SMILES string of the molecule is COC(=O)C1CCCN(C(=O)c2ccc(Br)cc2OC)C1. The quantitative estimate of drug-likeness (QED) is 0.781. The molecule has 5 nitrogen and oxygen atoms in total. The Balaban J connectivity index is 2.18. The van der Waals surface area contributed by atoms with Gasteiger partial charge in [0.05, 0.1) is 25.7 Å². The molecule has 21 heavy (non-hydrogen) atoms. The van der Waals surface area contributed by atoms with Crippen LogP contribution in [0.2, 0.25) is 0 Å². The number of esters is 1. The van der Waals surface area contributed by atoms with E-state index in [4.69, 9.17) is 9.47 Å². The Bertz CT molecular complexity index is 546. The second-order valence-electron chi connectivity index (χ2n) is 4.96. The summed E-state index contributed by atoms with van der Waals surface area (Å²) in [6.07, 6.45) is 1.55. The number of likely N-dealkylation sites (tertiary alicyclic amines) is 1. The number of carbonyl (C=O) groups is 2. The third-order valence-corrected chi connectivity index (χ3v) is 4.13. The highest BCUT2D eigenvalue weighted by Gasteiger charge is 2.30. The maximum atomic E-state index is 12.6. The Morgan fingerprint density at radius 2 is 2.10 bits per heavy atom. The van der Waals surface area contributed by atoms with Crippen LogP contribution in [0, 0.1) is 5.92 Å². The summed E-state index contributed by atoms with van der Waals surface area (Å²) in [7, 11) is 2.91. The van der Waals surface area contributed by atoms with Gasteiger partial charge in [-0.2, -0.15) is 0 Å². The molecule has 1 unspecified atom stereocenters. The van der Waals surface area contributed by atoms with Crippen LogP contribution in [0.15, 0.2) is 22.7 Å². The van der Waals surface area contributed by atoms with Crippen molar-refractivity contribution in [2.24, 2.45) is 5.92 Å². The summed E-state index contributed by atoms with van der Waals surface area (Å²) in [5.74, 6) is -0.0908. The number of methoxy groups -OCH3 is 2. The van der Waals surface area contributed by atoms with Crippen molar-refractivity contribution in [3.05, 3.63) is 28.2 Å². The average Bonchev–Trinajstić information content (AvgIpc) is 2.53. The number of halogens is 1. The van der Waals surface area contributed by atoms with E-state index in [9.17, 15) is 9.59 Å². The molecule has 1 saturated heterocycles. The topological polar surface area (TPSA) is 55.8 Å². The number of ether oxygens (including phenoxy) is 2. The second-order valence-corrected chi connectivity index (χ2v) is 5.87. The molecule has 1 aliphatic heterocycles. The van der Waals surface area contributed by atoms with Gasteiger partial charge in [-0.25, -0.2) is 0 Å². The second kappa shape index (κ2) is 6.93. The summed E-state index contributed by atoms with van der Waals surface area (Å²) in [5, 5.41) is 0. The normalized spacial score (nSPS) is 18.2. The van der Waals surface area contributed by atoms with Gasteiger partial charge in [0, 0.05) is 17.6 Å². The molecule has 0 spiro atoms. The van der Waals surface area contributed by atoms with Gasteiger partial charge in [0.2, 0.25) is 0 Å². The van der Waals surface area contributed by atoms with Gasteiger partial charge in [-0.15, -0.1) is 0 Å². The summed E-state index contributed by atoms with van der Waals surface area (Å²) >= 11 is 3.35. The van der Waals surface area contributed by atoms with Gasteiger partial charge in [0.1, 0.15) is 5.75 Å². The summed E-state index contributed by atoms with van der Waals surface area (Å²) < 4.78 is 10.9. The van der Waals surface area contributed by atoms with E-state index < -0.39 is 0 Å². The molecule has 2 rings (SSSR count). The fourth-order valence-corrected chi connectivity index (χ4v) is 2.87. The van der Waals surface area contributed by atoms with Gasteiger partial charge >= 0.3 is 5.97 Å². The van der Waals surface area contributed by atoms with Crippen LogP contribution >= 0.6 is 15.9 Å². The van der Waals surface area contributed by atoms with E-state index in [0.717, 1.165) is 17.3 Å². The molecular formula is C15H18BrNO4. The summed E-state index contributed by atoms with van der Waals surface area (Å²) in [5.41, 5.74) is 0.506. The molecule has 1 heterocycles. The molecular weight excluding hydrogens is 338 g/mol. The number of nitrogens with zero attached hydrogens (tertiary/aromatic N) is 1. The number of rotatable bonds is 3. The van der Waals surface area contributed by atoms with Gasteiger partial charge in [-0.3, -0.25) is 9.59 Å². The van der Waals surface area contributed by atoms with Crippen molar-refractivity contribution in [1.82, 2.24) is 4.90 Å². The van der Waals surface area contributed by atoms with Gasteiger partial charge in [0.15, 0.2) is 0 Å². The molecule has 6 heteroatoms. The lowest BCUT2D eigenvalue weighted by atomic mass is 9.97. The Morgan fingerprint density at radius 3 is 2.76 bits per heavy atom. The third-order valence-electron chi connectivity index (χ3n) is 3.64. The van der Waals surface area contributed by atoms with Crippen molar-refractivity contribution >= 4 is 27.8 Å². The number of carbonyl (C=O) groups excluding carboxylic acids is 2. The zero-order chi connectivity index (χ0) is 15.4. The van der Waals surface area contributed by atoms with Crippen LogP contribution in [-0.4, -0.2) is 44.1 Å². The fourth-order valence-electron chi connectivity index (χ4n) is 2.53. The van der Waals surface area contributed by atoms with E-state index in [-0.39, 0.29) is 17.8 Å². The van der Waals surface area contributed by atoms with Crippen LogP contribution in [0.3, 0.4) is 0 Å². The minimum absolute atomic E-state index is 0.118. The zero-order valence-electron chi connectivity index (χ0n) is 12.1. The van der Waals surface area contributed by atoms with Gasteiger partial charge in [0.25, 0.3) is 5.91 Å². The standard InChI is InChI=1S/C15H18BrNO4/c1-20-13-8-11(16)5-6-12(13)14(18)17-7-3-4-10(9-17)15(19)21-2/h5-6,8,10H,3-4,7,9H2,1-2H3. The van der Waals surface area contributed by atoms with Crippen LogP contribution in [0.4, 0.5) is 0 Å². The number of amides is 1. The summed E-state index contributed by atoms with van der Waals surface area (Å²) in [6.45, 7) is 1.04. The molecule has 0 aliphatic carbocycles. The first-order chi connectivity index (χ1) is 10.1. The van der Waals surface area contributed by atoms with Gasteiger partial charge in [-0.05, 0) is 31.0 Å². The predicted molar refractivity (Wildman–Crippen MR) is 81.3 cm³/mol. The Hall–Kier alpha value is -1.56. The lowest BCUT2D eigenvalue weighted by Gasteiger charge is -2.31. The Morgan fingerprint density at radius 1 is 1.33 bits per heavy atom. The molecule has 1 fully saturated rings. The molecule has 1 amide bonds. The van der Waals surface area contributed by atoms with Crippen molar-refractivity contribution in [3.63, 3.8) is 0 Å². The minimum Gasteiger partial charge on any atom is -0.496 e. The van der Waals surface area contributed by atoms with Crippen LogP contribution in [0.1, 0.15) is 23.2 Å². The highest BCUT2D eigenvalue weighted by molar-refractivity contribution is 9.10.